The maximum atomic E-state index is 8.83. The highest BCUT2D eigenvalue weighted by atomic mass is 35.5. The molecule has 3 aromatic rings. The zero-order chi connectivity index (χ0) is 16.2. The van der Waals surface area contributed by atoms with Crippen molar-refractivity contribution in [2.45, 2.75) is 6.92 Å². The van der Waals surface area contributed by atoms with Crippen LogP contribution in [0.4, 0.5) is 5.69 Å². The van der Waals surface area contributed by atoms with E-state index in [1.54, 1.807) is 18.3 Å². The fraction of sp³-hybridized carbons (Fsp3) is 0.0556. The number of nitrogens with one attached hydrogen (secondary N) is 1. The number of hydrogen-bond donors (Lipinski definition) is 1. The Morgan fingerprint density at radius 3 is 2.70 bits per heavy atom. The third-order valence-electron chi connectivity index (χ3n) is 3.48. The van der Waals surface area contributed by atoms with Gasteiger partial charge in [-0.2, -0.15) is 10.4 Å². The van der Waals surface area contributed by atoms with Crippen molar-refractivity contribution in [3.05, 3.63) is 70.9 Å². The monoisotopic (exact) mass is 320 g/mol. The van der Waals surface area contributed by atoms with Crippen molar-refractivity contribution < 1.29 is 0 Å². The Labute approximate surface area is 139 Å². The molecule has 2 aromatic carbocycles. The summed E-state index contributed by atoms with van der Waals surface area (Å²) >= 11 is 5.99. The molecule has 0 bridgehead atoms. The highest BCUT2D eigenvalue weighted by Gasteiger charge is 2.03. The van der Waals surface area contributed by atoms with Crippen LogP contribution >= 0.6 is 11.6 Å². The summed E-state index contributed by atoms with van der Waals surface area (Å²) < 4.78 is 0. The van der Waals surface area contributed by atoms with Gasteiger partial charge in [0.2, 0.25) is 0 Å². The lowest BCUT2D eigenvalue weighted by Gasteiger charge is -2.07. The van der Waals surface area contributed by atoms with E-state index in [1.807, 2.05) is 43.3 Å². The minimum atomic E-state index is 0.631. The topological polar surface area (TPSA) is 61.1 Å². The van der Waals surface area contributed by atoms with Crippen molar-refractivity contribution in [1.29, 1.82) is 5.26 Å². The van der Waals surface area contributed by atoms with Crippen LogP contribution in [-0.4, -0.2) is 10.7 Å². The smallest absolute Gasteiger partial charge is 0.0991 e. The van der Waals surface area contributed by atoms with Crippen molar-refractivity contribution in [2.24, 2.45) is 5.10 Å². The van der Waals surface area contributed by atoms with Gasteiger partial charge in [-0.15, -0.1) is 0 Å². The van der Waals surface area contributed by atoms with Crippen LogP contribution < -0.4 is 5.43 Å². The number of pyridine rings is 1. The molecule has 23 heavy (non-hydrogen) atoms. The molecule has 3 rings (SSSR count). The lowest BCUT2D eigenvalue weighted by Crippen LogP contribution is -2.00. The SMILES string of the molecule is C/C(=N\Nc1ccnc2cc(Cl)ccc12)c1ccc(C#N)cc1. The molecule has 0 aliphatic heterocycles. The van der Waals surface area contributed by atoms with Crippen LogP contribution in [0.25, 0.3) is 10.9 Å². The largest absolute Gasteiger partial charge is 0.277 e. The van der Waals surface area contributed by atoms with Gasteiger partial charge in [0, 0.05) is 16.6 Å². The zero-order valence-corrected chi connectivity index (χ0v) is 13.2. The van der Waals surface area contributed by atoms with Gasteiger partial charge >= 0.3 is 0 Å². The van der Waals surface area contributed by atoms with Crippen LogP contribution in [0.3, 0.4) is 0 Å². The van der Waals surface area contributed by atoms with Crippen LogP contribution in [0.2, 0.25) is 5.02 Å². The number of halogens is 1. The van der Waals surface area contributed by atoms with Gasteiger partial charge in [-0.25, -0.2) is 0 Å². The highest BCUT2D eigenvalue weighted by molar-refractivity contribution is 6.31. The van der Waals surface area contributed by atoms with E-state index in [0.717, 1.165) is 27.9 Å². The molecule has 0 saturated heterocycles. The molecule has 0 unspecified atom stereocenters. The molecule has 0 spiro atoms. The van der Waals surface area contributed by atoms with Crippen LogP contribution in [0.15, 0.2) is 59.8 Å². The summed E-state index contributed by atoms with van der Waals surface area (Å²) in [7, 11) is 0. The summed E-state index contributed by atoms with van der Waals surface area (Å²) in [4.78, 5) is 4.30. The molecule has 1 heterocycles. The van der Waals surface area contributed by atoms with E-state index in [2.05, 4.69) is 21.6 Å². The van der Waals surface area contributed by atoms with Gasteiger partial charge in [0.1, 0.15) is 0 Å². The molecule has 0 amide bonds. The van der Waals surface area contributed by atoms with E-state index in [0.29, 0.717) is 10.6 Å². The van der Waals surface area contributed by atoms with E-state index < -0.39 is 0 Å². The van der Waals surface area contributed by atoms with Gasteiger partial charge in [0.25, 0.3) is 0 Å². The van der Waals surface area contributed by atoms with Crippen molar-refractivity contribution in [3.8, 4) is 6.07 Å². The number of rotatable bonds is 3. The molecule has 0 radical (unpaired) electrons. The fourth-order valence-corrected chi connectivity index (χ4v) is 2.38. The maximum absolute atomic E-state index is 8.83. The fourth-order valence-electron chi connectivity index (χ4n) is 2.21. The first-order valence-corrected chi connectivity index (χ1v) is 7.40. The van der Waals surface area contributed by atoms with E-state index in [4.69, 9.17) is 16.9 Å². The number of nitriles is 1. The standard InChI is InChI=1S/C18H13ClN4/c1-12(14-4-2-13(11-20)3-5-14)22-23-17-8-9-21-18-10-15(19)6-7-16(17)18/h2-10H,1H3,(H,21,23)/b22-12+. The van der Waals surface area contributed by atoms with Crippen molar-refractivity contribution >= 4 is 33.9 Å². The molecule has 1 N–H and O–H groups in total. The van der Waals surface area contributed by atoms with Gasteiger partial charge in [-0.05, 0) is 48.9 Å². The van der Waals surface area contributed by atoms with Crippen LogP contribution in [0, 0.1) is 11.3 Å². The van der Waals surface area contributed by atoms with Gasteiger partial charge < -0.3 is 0 Å². The highest BCUT2D eigenvalue weighted by Crippen LogP contribution is 2.24. The van der Waals surface area contributed by atoms with Gasteiger partial charge in [-0.3, -0.25) is 10.4 Å². The predicted molar refractivity (Wildman–Crippen MR) is 93.7 cm³/mol. The number of nitrogens with zero attached hydrogens (tertiary/aromatic N) is 3. The first-order valence-electron chi connectivity index (χ1n) is 7.02. The van der Waals surface area contributed by atoms with E-state index in [-0.39, 0.29) is 0 Å². The maximum Gasteiger partial charge on any atom is 0.0991 e. The third-order valence-corrected chi connectivity index (χ3v) is 3.72. The lowest BCUT2D eigenvalue weighted by atomic mass is 10.1. The van der Waals surface area contributed by atoms with Gasteiger partial charge in [-0.1, -0.05) is 23.7 Å². The molecule has 0 saturated carbocycles. The Hall–Kier alpha value is -2.90. The average molecular weight is 321 g/mol. The molecule has 0 fully saturated rings. The number of hydrazone groups is 1. The minimum absolute atomic E-state index is 0.631. The summed E-state index contributed by atoms with van der Waals surface area (Å²) in [6.07, 6.45) is 1.72. The minimum Gasteiger partial charge on any atom is -0.277 e. The molecule has 112 valence electrons. The molecular weight excluding hydrogens is 308 g/mol. The number of benzene rings is 2. The lowest BCUT2D eigenvalue weighted by molar-refractivity contribution is 1.31. The third kappa shape index (κ3) is 3.31. The number of aromatic nitrogens is 1. The number of fused-ring (bicyclic) bond motifs is 1. The normalized spacial score (nSPS) is 11.3. The zero-order valence-electron chi connectivity index (χ0n) is 12.4. The molecular formula is C18H13ClN4. The molecule has 0 aliphatic rings. The summed E-state index contributed by atoms with van der Waals surface area (Å²) in [5.41, 5.74) is 7.16. The number of anilines is 1. The Balaban J connectivity index is 1.88. The Morgan fingerprint density at radius 2 is 1.96 bits per heavy atom. The predicted octanol–water partition coefficient (Wildman–Crippen LogP) is 4.60. The van der Waals surface area contributed by atoms with Crippen molar-refractivity contribution in [1.82, 2.24) is 4.98 Å². The van der Waals surface area contributed by atoms with E-state index in [1.165, 1.54) is 0 Å². The summed E-state index contributed by atoms with van der Waals surface area (Å²) in [5.74, 6) is 0. The van der Waals surface area contributed by atoms with Crippen LogP contribution in [-0.2, 0) is 0 Å². The van der Waals surface area contributed by atoms with Gasteiger partial charge in [0.15, 0.2) is 0 Å². The summed E-state index contributed by atoms with van der Waals surface area (Å²) in [5, 5.41) is 14.9. The van der Waals surface area contributed by atoms with Crippen molar-refractivity contribution in [3.63, 3.8) is 0 Å². The molecule has 0 atom stereocenters. The molecule has 4 nitrogen and oxygen atoms in total. The Morgan fingerprint density at radius 1 is 1.17 bits per heavy atom. The summed E-state index contributed by atoms with van der Waals surface area (Å²) in [6.45, 7) is 1.91. The Bertz CT molecular complexity index is 924. The number of hydrogen-bond acceptors (Lipinski definition) is 4. The van der Waals surface area contributed by atoms with Crippen molar-refractivity contribution in [2.75, 3.05) is 5.43 Å². The quantitative estimate of drug-likeness (QED) is 0.567. The van der Waals surface area contributed by atoms with Crippen LogP contribution in [0.5, 0.6) is 0 Å². The second-order valence-electron chi connectivity index (χ2n) is 5.02. The average Bonchev–Trinajstić information content (AvgIpc) is 2.59. The first kappa shape index (κ1) is 15.0. The second-order valence-corrected chi connectivity index (χ2v) is 5.45. The van der Waals surface area contributed by atoms with E-state index in [9.17, 15) is 0 Å². The van der Waals surface area contributed by atoms with Gasteiger partial charge in [0.05, 0.1) is 28.5 Å². The molecule has 0 aliphatic carbocycles. The van der Waals surface area contributed by atoms with Crippen LogP contribution in [0.1, 0.15) is 18.1 Å². The second kappa shape index (κ2) is 6.47. The Kier molecular flexibility index (Phi) is 4.22. The molecule has 1 aromatic heterocycles. The first-order chi connectivity index (χ1) is 11.2. The molecule has 5 heteroatoms. The summed E-state index contributed by atoms with van der Waals surface area (Å²) in [6, 6.07) is 16.8. The van der Waals surface area contributed by atoms with E-state index >= 15 is 0 Å².